The molecular formula is C9H8O6. The van der Waals surface area contributed by atoms with Crippen LogP contribution in [0.5, 0.6) is 5.75 Å². The third-order valence-electron chi connectivity index (χ3n) is 1.52. The number of carboxylic acids is 1. The zero-order chi connectivity index (χ0) is 11.3. The van der Waals surface area contributed by atoms with Gasteiger partial charge in [0.25, 0.3) is 0 Å². The Morgan fingerprint density at radius 1 is 1.20 bits per heavy atom. The van der Waals surface area contributed by atoms with Gasteiger partial charge in [-0.1, -0.05) is 0 Å². The van der Waals surface area contributed by atoms with E-state index in [1.165, 1.54) is 24.3 Å². The normalized spacial score (nSPS) is 9.67. The maximum absolute atomic E-state index is 10.8. The Hall–Kier alpha value is -1.92. The molecule has 0 aliphatic rings. The molecule has 0 fully saturated rings. The lowest BCUT2D eigenvalue weighted by atomic mass is 10.2. The summed E-state index contributed by atoms with van der Waals surface area (Å²) in [6, 6.07) is 5.26. The van der Waals surface area contributed by atoms with Gasteiger partial charge in [-0.25, -0.2) is 14.5 Å². The van der Waals surface area contributed by atoms with Crippen LogP contribution in [0.1, 0.15) is 10.4 Å². The Morgan fingerprint density at radius 2 is 1.80 bits per heavy atom. The molecule has 6 heteroatoms. The second-order valence-corrected chi connectivity index (χ2v) is 2.58. The molecule has 0 bridgehead atoms. The Kier molecular flexibility index (Phi) is 3.78. The summed E-state index contributed by atoms with van der Waals surface area (Å²) < 4.78 is 4.67. The second kappa shape index (κ2) is 5.08. The van der Waals surface area contributed by atoms with Gasteiger partial charge in [-0.15, -0.1) is 0 Å². The van der Waals surface area contributed by atoms with Gasteiger partial charge in [0.05, 0.1) is 5.56 Å². The van der Waals surface area contributed by atoms with Crippen LogP contribution < -0.4 is 4.74 Å². The Bertz CT molecular complexity index is 355. The van der Waals surface area contributed by atoms with Crippen LogP contribution in [0.4, 0.5) is 0 Å². The lowest BCUT2D eigenvalue weighted by Crippen LogP contribution is -2.14. The zero-order valence-corrected chi connectivity index (χ0v) is 7.54. The molecule has 0 heterocycles. The number of carbonyl (C=O) groups excluding carboxylic acids is 1. The van der Waals surface area contributed by atoms with E-state index in [9.17, 15) is 9.59 Å². The van der Waals surface area contributed by atoms with Crippen molar-refractivity contribution in [3.63, 3.8) is 0 Å². The molecule has 1 rings (SSSR count). The molecule has 0 spiro atoms. The van der Waals surface area contributed by atoms with E-state index in [2.05, 4.69) is 9.62 Å². The van der Waals surface area contributed by atoms with Crippen molar-refractivity contribution in [1.82, 2.24) is 0 Å². The third kappa shape index (κ3) is 3.37. The number of hydrogen-bond donors (Lipinski definition) is 2. The standard InChI is InChI=1S/C9H8O6/c10-8(5-14-13)15-7-3-1-6(2-4-7)9(11)12/h1-4,13H,5H2,(H,11,12). The summed E-state index contributed by atoms with van der Waals surface area (Å²) in [5, 5.41) is 16.5. The van der Waals surface area contributed by atoms with Gasteiger partial charge in [0.1, 0.15) is 5.75 Å². The first-order valence-electron chi connectivity index (χ1n) is 3.94. The number of esters is 1. The van der Waals surface area contributed by atoms with Crippen LogP contribution in [-0.2, 0) is 9.68 Å². The first-order chi connectivity index (χ1) is 7.13. The van der Waals surface area contributed by atoms with Crippen molar-refractivity contribution < 1.29 is 29.6 Å². The number of benzene rings is 1. The highest BCUT2D eigenvalue weighted by molar-refractivity contribution is 5.87. The third-order valence-corrected chi connectivity index (χ3v) is 1.52. The summed E-state index contributed by atoms with van der Waals surface area (Å²) >= 11 is 0. The van der Waals surface area contributed by atoms with Gasteiger partial charge in [-0.05, 0) is 24.3 Å². The number of rotatable bonds is 4. The first-order valence-corrected chi connectivity index (χ1v) is 3.94. The summed E-state index contributed by atoms with van der Waals surface area (Å²) in [5.74, 6) is -1.66. The highest BCUT2D eigenvalue weighted by Gasteiger charge is 2.06. The van der Waals surface area contributed by atoms with E-state index in [1.54, 1.807) is 0 Å². The molecule has 0 atom stereocenters. The van der Waals surface area contributed by atoms with Crippen molar-refractivity contribution in [3.05, 3.63) is 29.8 Å². The van der Waals surface area contributed by atoms with E-state index in [0.29, 0.717) is 0 Å². The van der Waals surface area contributed by atoms with Crippen molar-refractivity contribution in [2.45, 2.75) is 0 Å². The molecule has 6 nitrogen and oxygen atoms in total. The van der Waals surface area contributed by atoms with E-state index in [0.717, 1.165) is 0 Å². The predicted molar refractivity (Wildman–Crippen MR) is 47.6 cm³/mol. The van der Waals surface area contributed by atoms with Gasteiger partial charge in [0.2, 0.25) is 0 Å². The summed E-state index contributed by atoms with van der Waals surface area (Å²) in [6.45, 7) is -0.583. The van der Waals surface area contributed by atoms with Crippen molar-refractivity contribution in [1.29, 1.82) is 0 Å². The molecule has 0 aliphatic carbocycles. The fourth-order valence-electron chi connectivity index (χ4n) is 0.879. The summed E-state index contributed by atoms with van der Waals surface area (Å²) in [5.41, 5.74) is 0.0909. The number of carbonyl (C=O) groups is 2. The summed E-state index contributed by atoms with van der Waals surface area (Å²) in [7, 11) is 0. The predicted octanol–water partition coefficient (Wildman–Crippen LogP) is 0.780. The molecule has 0 saturated carbocycles. The Labute approximate surface area is 84.6 Å². The molecular weight excluding hydrogens is 204 g/mol. The Balaban J connectivity index is 2.64. The van der Waals surface area contributed by atoms with Crippen LogP contribution in [0.15, 0.2) is 24.3 Å². The number of carboxylic acid groups (broad SMARTS) is 1. The van der Waals surface area contributed by atoms with Crippen LogP contribution in [0, 0.1) is 0 Å². The average Bonchev–Trinajstić information content (AvgIpc) is 2.18. The van der Waals surface area contributed by atoms with Crippen LogP contribution in [-0.4, -0.2) is 28.9 Å². The fraction of sp³-hybridized carbons (Fsp3) is 0.111. The molecule has 0 radical (unpaired) electrons. The maximum Gasteiger partial charge on any atom is 0.340 e. The van der Waals surface area contributed by atoms with Crippen LogP contribution in [0.3, 0.4) is 0 Å². The lowest BCUT2D eigenvalue weighted by Gasteiger charge is -2.02. The second-order valence-electron chi connectivity index (χ2n) is 2.58. The topological polar surface area (TPSA) is 93.1 Å². The SMILES string of the molecule is O=C(COO)Oc1ccc(C(=O)O)cc1. The van der Waals surface area contributed by atoms with Gasteiger partial charge in [0.15, 0.2) is 6.61 Å². The summed E-state index contributed by atoms with van der Waals surface area (Å²) in [4.78, 5) is 24.9. The van der Waals surface area contributed by atoms with Crippen LogP contribution in [0.2, 0.25) is 0 Å². The molecule has 0 aliphatic heterocycles. The highest BCUT2D eigenvalue weighted by atomic mass is 17.1. The van der Waals surface area contributed by atoms with Crippen molar-refractivity contribution >= 4 is 11.9 Å². The first kappa shape index (κ1) is 11.2. The molecule has 0 unspecified atom stereocenters. The minimum absolute atomic E-state index is 0.0909. The molecule has 0 aromatic heterocycles. The van der Waals surface area contributed by atoms with Crippen LogP contribution in [0.25, 0.3) is 0 Å². The molecule has 0 amide bonds. The van der Waals surface area contributed by atoms with Gasteiger partial charge < -0.3 is 9.84 Å². The quantitative estimate of drug-likeness (QED) is 0.331. The fourth-order valence-corrected chi connectivity index (χ4v) is 0.879. The van der Waals surface area contributed by atoms with E-state index in [-0.39, 0.29) is 11.3 Å². The minimum Gasteiger partial charge on any atom is -0.478 e. The number of ether oxygens (including phenoxy) is 1. The van der Waals surface area contributed by atoms with E-state index < -0.39 is 18.5 Å². The zero-order valence-electron chi connectivity index (χ0n) is 7.54. The lowest BCUT2D eigenvalue weighted by molar-refractivity contribution is -0.242. The van der Waals surface area contributed by atoms with Gasteiger partial charge in [-0.2, -0.15) is 0 Å². The monoisotopic (exact) mass is 212 g/mol. The van der Waals surface area contributed by atoms with E-state index in [1.807, 2.05) is 0 Å². The molecule has 80 valence electrons. The van der Waals surface area contributed by atoms with E-state index >= 15 is 0 Å². The van der Waals surface area contributed by atoms with Crippen molar-refractivity contribution in [3.8, 4) is 5.75 Å². The molecule has 1 aromatic rings. The average molecular weight is 212 g/mol. The molecule has 1 aromatic carbocycles. The highest BCUT2D eigenvalue weighted by Crippen LogP contribution is 2.12. The van der Waals surface area contributed by atoms with Gasteiger partial charge >= 0.3 is 11.9 Å². The molecule has 2 N–H and O–H groups in total. The summed E-state index contributed by atoms with van der Waals surface area (Å²) in [6.07, 6.45) is 0. The molecule has 15 heavy (non-hydrogen) atoms. The number of hydrogen-bond acceptors (Lipinski definition) is 5. The van der Waals surface area contributed by atoms with Crippen LogP contribution >= 0.6 is 0 Å². The van der Waals surface area contributed by atoms with Crippen molar-refractivity contribution in [2.75, 3.05) is 6.61 Å². The Morgan fingerprint density at radius 3 is 2.27 bits per heavy atom. The minimum atomic E-state index is -1.06. The maximum atomic E-state index is 10.8. The molecule has 0 saturated heterocycles. The van der Waals surface area contributed by atoms with E-state index in [4.69, 9.17) is 10.4 Å². The largest absolute Gasteiger partial charge is 0.478 e. The van der Waals surface area contributed by atoms with Gasteiger partial charge in [0, 0.05) is 0 Å². The smallest absolute Gasteiger partial charge is 0.340 e. The number of aromatic carboxylic acids is 1. The van der Waals surface area contributed by atoms with Crippen molar-refractivity contribution in [2.24, 2.45) is 0 Å². The van der Waals surface area contributed by atoms with Gasteiger partial charge in [-0.3, -0.25) is 5.26 Å².